The quantitative estimate of drug-likeness (QED) is 0.598. The Balaban J connectivity index is 1.83. The van der Waals surface area contributed by atoms with E-state index in [1.54, 1.807) is 50.4 Å². The van der Waals surface area contributed by atoms with Gasteiger partial charge in [0.05, 0.1) is 5.56 Å². The molecule has 3 aromatic rings. The highest BCUT2D eigenvalue weighted by Gasteiger charge is 2.12. The van der Waals surface area contributed by atoms with Crippen molar-refractivity contribution in [2.75, 3.05) is 11.1 Å². The number of nitrogens with zero attached hydrogens (tertiary/aromatic N) is 2. The van der Waals surface area contributed by atoms with Crippen LogP contribution in [0.2, 0.25) is 0 Å². The molecule has 0 bridgehead atoms. The number of benzene rings is 2. The van der Waals surface area contributed by atoms with Gasteiger partial charge in [-0.05, 0) is 61.4 Å². The topological polar surface area (TPSA) is 110 Å². The summed E-state index contributed by atoms with van der Waals surface area (Å²) in [6.45, 7) is 3.59. The minimum absolute atomic E-state index is 0.223. The first-order valence-electron chi connectivity index (χ1n) is 7.90. The van der Waals surface area contributed by atoms with Crippen LogP contribution in [0.15, 0.2) is 48.7 Å². The molecule has 0 radical (unpaired) electrons. The molecule has 26 heavy (non-hydrogen) atoms. The Morgan fingerprint density at radius 1 is 1.12 bits per heavy atom. The zero-order chi connectivity index (χ0) is 18.7. The van der Waals surface area contributed by atoms with Gasteiger partial charge >= 0.3 is 5.97 Å². The number of nitrogens with one attached hydrogen (secondary N) is 1. The molecular formula is C19H18N4O3. The lowest BCUT2D eigenvalue weighted by Gasteiger charge is -2.13. The van der Waals surface area contributed by atoms with E-state index < -0.39 is 5.97 Å². The highest BCUT2D eigenvalue weighted by molar-refractivity contribution is 5.88. The van der Waals surface area contributed by atoms with Crippen LogP contribution in [0.5, 0.6) is 11.6 Å². The van der Waals surface area contributed by atoms with Crippen molar-refractivity contribution in [2.45, 2.75) is 13.8 Å². The SMILES string of the molecule is Cc1cc(C(=O)O)cc(C)c1Oc1ccnc(Nc2ccc(N)cc2)n1. The van der Waals surface area contributed by atoms with Gasteiger partial charge in [-0.25, -0.2) is 9.78 Å². The lowest BCUT2D eigenvalue weighted by atomic mass is 10.1. The fourth-order valence-electron chi connectivity index (χ4n) is 2.49. The highest BCUT2D eigenvalue weighted by atomic mass is 16.5. The molecule has 4 N–H and O–H groups in total. The normalized spacial score (nSPS) is 10.4. The molecule has 0 aliphatic heterocycles. The van der Waals surface area contributed by atoms with Gasteiger partial charge in [0.15, 0.2) is 0 Å². The zero-order valence-corrected chi connectivity index (χ0v) is 14.4. The smallest absolute Gasteiger partial charge is 0.335 e. The van der Waals surface area contributed by atoms with E-state index in [0.717, 1.165) is 5.69 Å². The van der Waals surface area contributed by atoms with E-state index in [2.05, 4.69) is 15.3 Å². The van der Waals surface area contributed by atoms with Crippen molar-refractivity contribution in [1.29, 1.82) is 0 Å². The number of carbonyl (C=O) groups is 1. The van der Waals surface area contributed by atoms with Gasteiger partial charge in [0.2, 0.25) is 11.8 Å². The third-order valence-corrected chi connectivity index (χ3v) is 3.71. The van der Waals surface area contributed by atoms with E-state index in [9.17, 15) is 4.79 Å². The summed E-state index contributed by atoms with van der Waals surface area (Å²) >= 11 is 0. The van der Waals surface area contributed by atoms with Gasteiger partial charge in [-0.3, -0.25) is 0 Å². The molecular weight excluding hydrogens is 332 g/mol. The molecule has 7 nitrogen and oxygen atoms in total. The summed E-state index contributed by atoms with van der Waals surface area (Å²) in [4.78, 5) is 19.6. The molecule has 1 aromatic heterocycles. The Morgan fingerprint density at radius 3 is 2.38 bits per heavy atom. The number of aromatic carboxylic acids is 1. The number of aromatic nitrogens is 2. The molecule has 0 unspecified atom stereocenters. The molecule has 0 amide bonds. The Bertz CT molecular complexity index is 932. The van der Waals surface area contributed by atoms with E-state index in [1.807, 2.05) is 12.1 Å². The lowest BCUT2D eigenvalue weighted by molar-refractivity contribution is 0.0696. The van der Waals surface area contributed by atoms with Crippen LogP contribution in [0, 0.1) is 13.8 Å². The number of carboxylic acids is 1. The minimum atomic E-state index is -0.972. The standard InChI is InChI=1S/C19H18N4O3/c1-11-9-13(18(24)25)10-12(2)17(11)26-16-7-8-21-19(23-16)22-15-5-3-14(20)4-6-15/h3-10H,20H2,1-2H3,(H,24,25)(H,21,22,23). The van der Waals surface area contributed by atoms with Gasteiger partial charge in [0, 0.05) is 23.6 Å². The number of rotatable bonds is 5. The van der Waals surface area contributed by atoms with Crippen LogP contribution >= 0.6 is 0 Å². The Hall–Kier alpha value is -3.61. The van der Waals surface area contributed by atoms with Crippen LogP contribution in [0.1, 0.15) is 21.5 Å². The van der Waals surface area contributed by atoms with E-state index >= 15 is 0 Å². The fraction of sp³-hybridized carbons (Fsp3) is 0.105. The van der Waals surface area contributed by atoms with Gasteiger partial charge < -0.3 is 20.9 Å². The van der Waals surface area contributed by atoms with Gasteiger partial charge in [-0.2, -0.15) is 4.98 Å². The number of hydrogen-bond donors (Lipinski definition) is 3. The summed E-state index contributed by atoms with van der Waals surface area (Å²) in [7, 11) is 0. The third kappa shape index (κ3) is 3.89. The maximum absolute atomic E-state index is 11.1. The van der Waals surface area contributed by atoms with E-state index in [0.29, 0.717) is 34.4 Å². The Labute approximate surface area is 150 Å². The predicted molar refractivity (Wildman–Crippen MR) is 99.1 cm³/mol. The average Bonchev–Trinajstić information content (AvgIpc) is 2.60. The zero-order valence-electron chi connectivity index (χ0n) is 14.4. The summed E-state index contributed by atoms with van der Waals surface area (Å²) in [6.07, 6.45) is 1.58. The van der Waals surface area contributed by atoms with Crippen LogP contribution in [-0.4, -0.2) is 21.0 Å². The molecule has 0 aliphatic carbocycles. The molecule has 0 aliphatic rings. The summed E-state index contributed by atoms with van der Waals surface area (Å²) < 4.78 is 5.87. The number of hydrogen-bond acceptors (Lipinski definition) is 6. The Morgan fingerprint density at radius 2 is 1.77 bits per heavy atom. The molecule has 0 fully saturated rings. The molecule has 132 valence electrons. The largest absolute Gasteiger partial charge is 0.478 e. The van der Waals surface area contributed by atoms with Crippen molar-refractivity contribution < 1.29 is 14.6 Å². The van der Waals surface area contributed by atoms with Gasteiger partial charge in [-0.1, -0.05) is 0 Å². The molecule has 0 saturated carbocycles. The maximum Gasteiger partial charge on any atom is 0.335 e. The number of nitrogens with two attached hydrogens (primary N) is 1. The lowest BCUT2D eigenvalue weighted by Crippen LogP contribution is -2.02. The van der Waals surface area contributed by atoms with Crippen molar-refractivity contribution in [1.82, 2.24) is 9.97 Å². The number of aryl methyl sites for hydroxylation is 2. The van der Waals surface area contributed by atoms with E-state index in [4.69, 9.17) is 15.6 Å². The van der Waals surface area contributed by atoms with Crippen LogP contribution in [0.3, 0.4) is 0 Å². The fourth-order valence-corrected chi connectivity index (χ4v) is 2.49. The molecule has 0 spiro atoms. The highest BCUT2D eigenvalue weighted by Crippen LogP contribution is 2.29. The van der Waals surface area contributed by atoms with E-state index in [1.165, 1.54) is 0 Å². The van der Waals surface area contributed by atoms with Gasteiger partial charge in [0.25, 0.3) is 0 Å². The Kier molecular flexibility index (Phi) is 4.70. The third-order valence-electron chi connectivity index (χ3n) is 3.71. The van der Waals surface area contributed by atoms with Crippen molar-refractivity contribution in [3.8, 4) is 11.6 Å². The van der Waals surface area contributed by atoms with Crippen LogP contribution in [0.4, 0.5) is 17.3 Å². The van der Waals surface area contributed by atoms with Crippen molar-refractivity contribution in [3.63, 3.8) is 0 Å². The molecule has 2 aromatic carbocycles. The first kappa shape index (κ1) is 17.2. The number of carboxylic acid groups (broad SMARTS) is 1. The molecule has 7 heteroatoms. The summed E-state index contributed by atoms with van der Waals surface area (Å²) in [6, 6.07) is 12.0. The first-order valence-corrected chi connectivity index (χ1v) is 7.90. The van der Waals surface area contributed by atoms with Crippen LogP contribution in [0.25, 0.3) is 0 Å². The molecule has 0 atom stereocenters. The number of nitrogen functional groups attached to an aromatic ring is 1. The predicted octanol–water partition coefficient (Wildman–Crippen LogP) is 3.91. The maximum atomic E-state index is 11.1. The second-order valence-electron chi connectivity index (χ2n) is 5.81. The average molecular weight is 350 g/mol. The molecule has 0 saturated heterocycles. The minimum Gasteiger partial charge on any atom is -0.478 e. The van der Waals surface area contributed by atoms with Crippen molar-refractivity contribution >= 4 is 23.3 Å². The summed E-state index contributed by atoms with van der Waals surface area (Å²) in [5.74, 6) is 0.337. The molecule has 1 heterocycles. The molecule has 3 rings (SSSR count). The second kappa shape index (κ2) is 7.10. The summed E-state index contributed by atoms with van der Waals surface area (Å²) in [5, 5.41) is 12.2. The number of ether oxygens (including phenoxy) is 1. The summed E-state index contributed by atoms with van der Waals surface area (Å²) in [5.41, 5.74) is 8.80. The first-order chi connectivity index (χ1) is 12.4. The van der Waals surface area contributed by atoms with Gasteiger partial charge in [-0.15, -0.1) is 0 Å². The van der Waals surface area contributed by atoms with E-state index in [-0.39, 0.29) is 5.56 Å². The van der Waals surface area contributed by atoms with Gasteiger partial charge in [0.1, 0.15) is 5.75 Å². The monoisotopic (exact) mass is 350 g/mol. The number of anilines is 3. The second-order valence-corrected chi connectivity index (χ2v) is 5.81. The van der Waals surface area contributed by atoms with Crippen molar-refractivity contribution in [3.05, 3.63) is 65.4 Å². The van der Waals surface area contributed by atoms with Crippen molar-refractivity contribution in [2.24, 2.45) is 0 Å². The van der Waals surface area contributed by atoms with Crippen LogP contribution in [-0.2, 0) is 0 Å². The van der Waals surface area contributed by atoms with Crippen LogP contribution < -0.4 is 15.8 Å².